The van der Waals surface area contributed by atoms with Crippen molar-refractivity contribution in [2.75, 3.05) is 31.6 Å². The number of piperazine rings is 1. The van der Waals surface area contributed by atoms with Gasteiger partial charge in [-0.05, 0) is 37.3 Å². The number of aromatic hydroxyl groups is 1. The van der Waals surface area contributed by atoms with Crippen LogP contribution in [0.3, 0.4) is 0 Å². The van der Waals surface area contributed by atoms with E-state index < -0.39 is 0 Å². The van der Waals surface area contributed by atoms with Crippen LogP contribution in [0.5, 0.6) is 11.5 Å². The average Bonchev–Trinajstić information content (AvgIpc) is 2.62. The number of anilines is 1. The Balaban J connectivity index is 1.72. The number of carbonyl (C=O) groups is 2. The third-order valence-electron chi connectivity index (χ3n) is 4.28. The number of phenolic OH excluding ortho intramolecular Hbond substituents is 1. The summed E-state index contributed by atoms with van der Waals surface area (Å²) in [6.07, 6.45) is 0. The topological polar surface area (TPSA) is 70.1 Å². The number of amides is 2. The van der Waals surface area contributed by atoms with Crippen LogP contribution in [-0.4, -0.2) is 48.6 Å². The van der Waals surface area contributed by atoms with E-state index >= 15 is 0 Å². The van der Waals surface area contributed by atoms with E-state index in [9.17, 15) is 14.7 Å². The van der Waals surface area contributed by atoms with Crippen LogP contribution in [0.4, 0.5) is 5.69 Å². The van der Waals surface area contributed by atoms with Crippen molar-refractivity contribution < 1.29 is 19.4 Å². The molecule has 3 rings (SSSR count). The van der Waals surface area contributed by atoms with Gasteiger partial charge in [-0.1, -0.05) is 17.7 Å². The van der Waals surface area contributed by atoms with Crippen LogP contribution in [0.2, 0.25) is 0 Å². The second-order valence-corrected chi connectivity index (χ2v) is 5.99. The molecular formula is C19H20N2O4. The standard InChI is InChI=1S/C19H20N2O4/c1-13-3-6-15(7-4-13)21-10-9-20(12-18(21)23)19(24)14-5-8-17(25-2)16(22)11-14/h3-8,11,22H,9-10,12H2,1-2H3. The van der Waals surface area contributed by atoms with Gasteiger partial charge in [-0.25, -0.2) is 0 Å². The summed E-state index contributed by atoms with van der Waals surface area (Å²) >= 11 is 0. The Morgan fingerprint density at radius 2 is 1.84 bits per heavy atom. The molecule has 6 nitrogen and oxygen atoms in total. The molecule has 0 aromatic heterocycles. The maximum absolute atomic E-state index is 12.6. The van der Waals surface area contributed by atoms with Gasteiger partial charge >= 0.3 is 0 Å². The second-order valence-electron chi connectivity index (χ2n) is 5.99. The molecule has 25 heavy (non-hydrogen) atoms. The molecule has 1 aliphatic heterocycles. The molecule has 0 unspecified atom stereocenters. The lowest BCUT2D eigenvalue weighted by molar-refractivity contribution is -0.120. The van der Waals surface area contributed by atoms with Gasteiger partial charge in [0, 0.05) is 24.3 Å². The Kier molecular flexibility index (Phi) is 4.61. The number of phenols is 1. The van der Waals surface area contributed by atoms with Crippen molar-refractivity contribution in [3.8, 4) is 11.5 Å². The fourth-order valence-corrected chi connectivity index (χ4v) is 2.85. The quantitative estimate of drug-likeness (QED) is 0.930. The predicted octanol–water partition coefficient (Wildman–Crippen LogP) is 2.20. The highest BCUT2D eigenvalue weighted by Crippen LogP contribution is 2.27. The van der Waals surface area contributed by atoms with Crippen LogP contribution in [0.1, 0.15) is 15.9 Å². The minimum atomic E-state index is -0.283. The molecule has 1 heterocycles. The highest BCUT2D eigenvalue weighted by Gasteiger charge is 2.28. The third-order valence-corrected chi connectivity index (χ3v) is 4.28. The zero-order valence-electron chi connectivity index (χ0n) is 14.2. The number of rotatable bonds is 3. The summed E-state index contributed by atoms with van der Waals surface area (Å²) in [5.41, 5.74) is 2.30. The van der Waals surface area contributed by atoms with Gasteiger partial charge in [0.2, 0.25) is 5.91 Å². The lowest BCUT2D eigenvalue weighted by atomic mass is 10.1. The number of carbonyl (C=O) groups excluding carboxylic acids is 2. The smallest absolute Gasteiger partial charge is 0.254 e. The minimum absolute atomic E-state index is 0.0134. The van der Waals surface area contributed by atoms with Crippen LogP contribution in [0.25, 0.3) is 0 Å². The molecule has 2 aromatic carbocycles. The number of methoxy groups -OCH3 is 1. The lowest BCUT2D eigenvalue weighted by Gasteiger charge is -2.34. The lowest BCUT2D eigenvalue weighted by Crippen LogP contribution is -2.52. The first kappa shape index (κ1) is 16.8. The number of hydrogen-bond donors (Lipinski definition) is 1. The van der Waals surface area contributed by atoms with E-state index in [1.165, 1.54) is 24.1 Å². The monoisotopic (exact) mass is 340 g/mol. The third kappa shape index (κ3) is 3.42. The zero-order valence-corrected chi connectivity index (χ0v) is 14.2. The minimum Gasteiger partial charge on any atom is -0.504 e. The summed E-state index contributed by atoms with van der Waals surface area (Å²) in [4.78, 5) is 28.2. The Morgan fingerprint density at radius 1 is 1.12 bits per heavy atom. The van der Waals surface area contributed by atoms with E-state index in [1.54, 1.807) is 11.0 Å². The van der Waals surface area contributed by atoms with E-state index in [0.29, 0.717) is 24.4 Å². The largest absolute Gasteiger partial charge is 0.504 e. The van der Waals surface area contributed by atoms with Crippen LogP contribution < -0.4 is 9.64 Å². The van der Waals surface area contributed by atoms with Crippen molar-refractivity contribution in [2.24, 2.45) is 0 Å². The summed E-state index contributed by atoms with van der Waals surface area (Å²) in [5, 5.41) is 9.83. The summed E-state index contributed by atoms with van der Waals surface area (Å²) < 4.78 is 4.98. The van der Waals surface area contributed by atoms with E-state index in [2.05, 4.69) is 0 Å². The first-order valence-electron chi connectivity index (χ1n) is 8.03. The van der Waals surface area contributed by atoms with Crippen molar-refractivity contribution in [1.82, 2.24) is 4.90 Å². The maximum Gasteiger partial charge on any atom is 0.254 e. The number of benzene rings is 2. The van der Waals surface area contributed by atoms with Crippen molar-refractivity contribution in [1.29, 1.82) is 0 Å². The first-order chi connectivity index (χ1) is 12.0. The average molecular weight is 340 g/mol. The van der Waals surface area contributed by atoms with Gasteiger partial charge in [-0.15, -0.1) is 0 Å². The SMILES string of the molecule is COc1ccc(C(=O)N2CCN(c3ccc(C)cc3)C(=O)C2)cc1O. The molecule has 0 saturated carbocycles. The predicted molar refractivity (Wildman–Crippen MR) is 94.1 cm³/mol. The summed E-state index contributed by atoms with van der Waals surface area (Å²) in [6.45, 7) is 2.88. The van der Waals surface area contributed by atoms with Gasteiger partial charge in [0.15, 0.2) is 11.5 Å². The second kappa shape index (κ2) is 6.84. The Bertz CT molecular complexity index is 802. The van der Waals surface area contributed by atoms with Gasteiger partial charge < -0.3 is 19.6 Å². The van der Waals surface area contributed by atoms with Crippen molar-refractivity contribution in [2.45, 2.75) is 6.92 Å². The molecule has 0 radical (unpaired) electrons. The summed E-state index contributed by atoms with van der Waals surface area (Å²) in [5.74, 6) is -0.203. The fourth-order valence-electron chi connectivity index (χ4n) is 2.85. The van der Waals surface area contributed by atoms with E-state index in [1.807, 2.05) is 31.2 Å². The van der Waals surface area contributed by atoms with E-state index in [0.717, 1.165) is 11.3 Å². The molecular weight excluding hydrogens is 320 g/mol. The van der Waals surface area contributed by atoms with E-state index in [-0.39, 0.29) is 24.1 Å². The number of aryl methyl sites for hydroxylation is 1. The Morgan fingerprint density at radius 3 is 2.44 bits per heavy atom. The molecule has 1 N–H and O–H groups in total. The first-order valence-corrected chi connectivity index (χ1v) is 8.03. The molecule has 0 spiro atoms. The highest BCUT2D eigenvalue weighted by molar-refractivity contribution is 6.01. The van der Waals surface area contributed by atoms with Crippen molar-refractivity contribution in [3.63, 3.8) is 0 Å². The normalized spacial score (nSPS) is 14.6. The maximum atomic E-state index is 12.6. The molecule has 0 aliphatic carbocycles. The zero-order chi connectivity index (χ0) is 18.0. The highest BCUT2D eigenvalue weighted by atomic mass is 16.5. The number of hydrogen-bond acceptors (Lipinski definition) is 4. The molecule has 130 valence electrons. The molecule has 0 bridgehead atoms. The molecule has 1 fully saturated rings. The molecule has 1 saturated heterocycles. The van der Waals surface area contributed by atoms with Crippen molar-refractivity contribution >= 4 is 17.5 Å². The molecule has 6 heteroatoms. The molecule has 1 aliphatic rings. The van der Waals surface area contributed by atoms with Crippen LogP contribution in [0, 0.1) is 6.92 Å². The number of ether oxygens (including phenoxy) is 1. The van der Waals surface area contributed by atoms with Gasteiger partial charge in [0.05, 0.1) is 7.11 Å². The van der Waals surface area contributed by atoms with Crippen LogP contribution in [-0.2, 0) is 4.79 Å². The van der Waals surface area contributed by atoms with Crippen LogP contribution in [0.15, 0.2) is 42.5 Å². The van der Waals surface area contributed by atoms with Gasteiger partial charge in [-0.2, -0.15) is 0 Å². The van der Waals surface area contributed by atoms with Crippen LogP contribution >= 0.6 is 0 Å². The van der Waals surface area contributed by atoms with Gasteiger partial charge in [-0.3, -0.25) is 9.59 Å². The summed E-state index contributed by atoms with van der Waals surface area (Å²) in [7, 11) is 1.44. The summed E-state index contributed by atoms with van der Waals surface area (Å²) in [6, 6.07) is 12.2. The molecule has 2 aromatic rings. The van der Waals surface area contributed by atoms with Gasteiger partial charge in [0.1, 0.15) is 6.54 Å². The van der Waals surface area contributed by atoms with Crippen molar-refractivity contribution in [3.05, 3.63) is 53.6 Å². The Labute approximate surface area is 146 Å². The fraction of sp³-hybridized carbons (Fsp3) is 0.263. The molecule has 0 atom stereocenters. The number of nitrogens with zero attached hydrogens (tertiary/aromatic N) is 2. The Hall–Kier alpha value is -3.02. The van der Waals surface area contributed by atoms with Gasteiger partial charge in [0.25, 0.3) is 5.91 Å². The molecule has 2 amide bonds. The van der Waals surface area contributed by atoms with E-state index in [4.69, 9.17) is 4.74 Å².